The van der Waals surface area contributed by atoms with Crippen molar-refractivity contribution in [2.75, 3.05) is 19.6 Å². The number of carboxylic acids is 1. The number of nitrogens with one attached hydrogen (secondary N) is 2. The molecule has 96 valence electrons. The van der Waals surface area contributed by atoms with E-state index in [1.807, 2.05) is 13.8 Å². The predicted octanol–water partition coefficient (Wildman–Crippen LogP) is -0.763. The Morgan fingerprint density at radius 2 is 1.94 bits per heavy atom. The van der Waals surface area contributed by atoms with Gasteiger partial charge in [-0.15, -0.1) is 0 Å². The third-order valence-corrected chi connectivity index (χ3v) is 2.37. The van der Waals surface area contributed by atoms with Crippen LogP contribution in [-0.2, 0) is 9.59 Å². The molecule has 0 bridgehead atoms. The molecule has 0 saturated carbocycles. The van der Waals surface area contributed by atoms with Crippen LogP contribution in [0, 0.1) is 5.92 Å². The lowest BCUT2D eigenvalue weighted by Crippen LogP contribution is -2.57. The van der Waals surface area contributed by atoms with Crippen LogP contribution in [0.4, 0.5) is 4.79 Å². The molecule has 1 aliphatic rings. The Labute approximate surface area is 99.2 Å². The average Bonchev–Trinajstić information content (AvgIpc) is 2.10. The monoisotopic (exact) mass is 243 g/mol. The van der Waals surface area contributed by atoms with Gasteiger partial charge in [-0.25, -0.2) is 4.79 Å². The zero-order valence-electron chi connectivity index (χ0n) is 9.90. The van der Waals surface area contributed by atoms with Crippen molar-refractivity contribution >= 4 is 17.9 Å². The quantitative estimate of drug-likeness (QED) is 0.604. The zero-order chi connectivity index (χ0) is 13.0. The number of carbonyl (C=O) groups excluding carboxylic acids is 2. The summed E-state index contributed by atoms with van der Waals surface area (Å²) in [4.78, 5) is 34.5. The number of rotatable bonds is 4. The summed E-state index contributed by atoms with van der Waals surface area (Å²) in [5, 5.41) is 13.7. The molecule has 0 radical (unpaired) electrons. The van der Waals surface area contributed by atoms with E-state index in [4.69, 9.17) is 5.11 Å². The number of likely N-dealkylation sites (tertiary alicyclic amines) is 1. The first kappa shape index (κ1) is 13.3. The van der Waals surface area contributed by atoms with Crippen LogP contribution in [0.5, 0.6) is 0 Å². The third kappa shape index (κ3) is 3.93. The molecular formula is C10H17N3O4. The number of hydrogen-bond acceptors (Lipinski definition) is 3. The summed E-state index contributed by atoms with van der Waals surface area (Å²) in [7, 11) is 0. The van der Waals surface area contributed by atoms with Crippen molar-refractivity contribution in [2.45, 2.75) is 19.9 Å². The first-order valence-corrected chi connectivity index (χ1v) is 5.45. The van der Waals surface area contributed by atoms with Crippen LogP contribution in [0.15, 0.2) is 0 Å². The Kier molecular flexibility index (Phi) is 4.30. The van der Waals surface area contributed by atoms with Gasteiger partial charge in [0.25, 0.3) is 0 Å². The molecule has 0 aliphatic carbocycles. The standard InChI is InChI=1S/C10H17N3O4/c1-6(2)12-8(14)3-11-10(17)13-4-7(5-13)9(15)16/h6-7H,3-5H2,1-2H3,(H,11,17)(H,12,14)(H,15,16). The van der Waals surface area contributed by atoms with Crippen LogP contribution in [0.2, 0.25) is 0 Å². The molecule has 17 heavy (non-hydrogen) atoms. The minimum absolute atomic E-state index is 0.0276. The molecular weight excluding hydrogens is 226 g/mol. The van der Waals surface area contributed by atoms with Crippen molar-refractivity contribution < 1.29 is 19.5 Å². The van der Waals surface area contributed by atoms with Gasteiger partial charge in [-0.2, -0.15) is 0 Å². The van der Waals surface area contributed by atoms with E-state index in [0.717, 1.165) is 0 Å². The molecule has 0 aromatic carbocycles. The van der Waals surface area contributed by atoms with Gasteiger partial charge in [0.05, 0.1) is 12.5 Å². The van der Waals surface area contributed by atoms with Crippen LogP contribution in [0.3, 0.4) is 0 Å². The van der Waals surface area contributed by atoms with E-state index in [1.54, 1.807) is 0 Å². The fraction of sp³-hybridized carbons (Fsp3) is 0.700. The fourth-order valence-corrected chi connectivity index (χ4v) is 1.44. The van der Waals surface area contributed by atoms with E-state index in [9.17, 15) is 14.4 Å². The third-order valence-electron chi connectivity index (χ3n) is 2.37. The minimum atomic E-state index is -0.897. The van der Waals surface area contributed by atoms with Gasteiger partial charge in [-0.1, -0.05) is 0 Å². The summed E-state index contributed by atoms with van der Waals surface area (Å²) in [6.07, 6.45) is 0. The molecule has 1 fully saturated rings. The van der Waals surface area contributed by atoms with Gasteiger partial charge < -0.3 is 20.6 Å². The molecule has 0 aromatic heterocycles. The highest BCUT2D eigenvalue weighted by molar-refractivity contribution is 5.85. The highest BCUT2D eigenvalue weighted by Crippen LogP contribution is 2.14. The summed E-state index contributed by atoms with van der Waals surface area (Å²) in [5.41, 5.74) is 0. The number of carboxylic acid groups (broad SMARTS) is 1. The number of carbonyl (C=O) groups is 3. The van der Waals surface area contributed by atoms with E-state index in [-0.39, 0.29) is 31.6 Å². The lowest BCUT2D eigenvalue weighted by molar-refractivity contribution is -0.146. The number of nitrogens with zero attached hydrogens (tertiary/aromatic N) is 1. The molecule has 0 aromatic rings. The van der Waals surface area contributed by atoms with Crippen molar-refractivity contribution in [1.29, 1.82) is 0 Å². The Hall–Kier alpha value is -1.79. The molecule has 1 aliphatic heterocycles. The molecule has 7 heteroatoms. The SMILES string of the molecule is CC(C)NC(=O)CNC(=O)N1CC(C(=O)O)C1. The van der Waals surface area contributed by atoms with Gasteiger partial charge in [0.1, 0.15) is 0 Å². The van der Waals surface area contributed by atoms with E-state index in [1.165, 1.54) is 4.90 Å². The molecule has 3 N–H and O–H groups in total. The van der Waals surface area contributed by atoms with E-state index < -0.39 is 17.9 Å². The van der Waals surface area contributed by atoms with Crippen molar-refractivity contribution in [3.63, 3.8) is 0 Å². The maximum atomic E-state index is 11.4. The molecule has 1 saturated heterocycles. The average molecular weight is 243 g/mol. The maximum Gasteiger partial charge on any atom is 0.317 e. The Balaban J connectivity index is 2.19. The van der Waals surface area contributed by atoms with Crippen LogP contribution in [0.25, 0.3) is 0 Å². The summed E-state index contributed by atoms with van der Waals surface area (Å²) in [6, 6.07) is -0.374. The summed E-state index contributed by atoms with van der Waals surface area (Å²) in [5.74, 6) is -1.64. The number of aliphatic carboxylic acids is 1. The molecule has 0 unspecified atom stereocenters. The van der Waals surface area contributed by atoms with Crippen molar-refractivity contribution in [1.82, 2.24) is 15.5 Å². The lowest BCUT2D eigenvalue weighted by Gasteiger charge is -2.36. The van der Waals surface area contributed by atoms with Gasteiger partial charge in [0, 0.05) is 19.1 Å². The largest absolute Gasteiger partial charge is 0.481 e. The van der Waals surface area contributed by atoms with E-state index >= 15 is 0 Å². The topological polar surface area (TPSA) is 98.7 Å². The van der Waals surface area contributed by atoms with Gasteiger partial charge >= 0.3 is 12.0 Å². The van der Waals surface area contributed by atoms with Crippen LogP contribution in [0.1, 0.15) is 13.8 Å². The summed E-state index contributed by atoms with van der Waals surface area (Å²) < 4.78 is 0. The van der Waals surface area contributed by atoms with Crippen LogP contribution in [-0.4, -0.2) is 53.6 Å². The Morgan fingerprint density at radius 1 is 1.35 bits per heavy atom. The number of hydrogen-bond donors (Lipinski definition) is 3. The second-order valence-corrected chi connectivity index (χ2v) is 4.32. The second-order valence-electron chi connectivity index (χ2n) is 4.32. The summed E-state index contributed by atoms with van der Waals surface area (Å²) in [6.45, 7) is 3.96. The first-order valence-electron chi connectivity index (χ1n) is 5.45. The number of urea groups is 1. The lowest BCUT2D eigenvalue weighted by atomic mass is 10.0. The Morgan fingerprint density at radius 3 is 2.41 bits per heavy atom. The smallest absolute Gasteiger partial charge is 0.317 e. The molecule has 7 nitrogen and oxygen atoms in total. The second kappa shape index (κ2) is 5.51. The number of amides is 3. The highest BCUT2D eigenvalue weighted by atomic mass is 16.4. The van der Waals surface area contributed by atoms with Crippen LogP contribution >= 0.6 is 0 Å². The first-order chi connectivity index (χ1) is 7.90. The van der Waals surface area contributed by atoms with Crippen molar-refractivity contribution in [2.24, 2.45) is 5.92 Å². The molecule has 3 amide bonds. The Bertz CT molecular complexity index is 324. The van der Waals surface area contributed by atoms with Crippen LogP contribution < -0.4 is 10.6 Å². The zero-order valence-corrected chi connectivity index (χ0v) is 9.90. The predicted molar refractivity (Wildman–Crippen MR) is 59.4 cm³/mol. The molecule has 0 spiro atoms. The van der Waals surface area contributed by atoms with Gasteiger partial charge in [0.2, 0.25) is 5.91 Å². The van der Waals surface area contributed by atoms with E-state index in [2.05, 4.69) is 10.6 Å². The van der Waals surface area contributed by atoms with Gasteiger partial charge in [0.15, 0.2) is 0 Å². The van der Waals surface area contributed by atoms with Crippen molar-refractivity contribution in [3.05, 3.63) is 0 Å². The normalized spacial score (nSPS) is 15.4. The molecule has 1 heterocycles. The minimum Gasteiger partial charge on any atom is -0.481 e. The van der Waals surface area contributed by atoms with Gasteiger partial charge in [-0.05, 0) is 13.8 Å². The fourth-order valence-electron chi connectivity index (χ4n) is 1.44. The van der Waals surface area contributed by atoms with E-state index in [0.29, 0.717) is 0 Å². The molecule has 0 atom stereocenters. The molecule has 1 rings (SSSR count). The van der Waals surface area contributed by atoms with Crippen molar-refractivity contribution in [3.8, 4) is 0 Å². The van der Waals surface area contributed by atoms with Gasteiger partial charge in [-0.3, -0.25) is 9.59 Å². The highest BCUT2D eigenvalue weighted by Gasteiger charge is 2.35. The maximum absolute atomic E-state index is 11.4. The summed E-state index contributed by atoms with van der Waals surface area (Å²) >= 11 is 0.